The molecule has 2 aromatic rings. The lowest BCUT2D eigenvalue weighted by molar-refractivity contribution is -0.117. The molecule has 2 aromatic heterocycles. The summed E-state index contributed by atoms with van der Waals surface area (Å²) in [4.78, 5) is 24.4. The number of carbonyl (C=O) groups is 1. The van der Waals surface area contributed by atoms with E-state index >= 15 is 0 Å². The molecule has 0 N–H and O–H groups in total. The molecule has 6 heteroatoms. The standard InChI is InChI=1S/C14H17N3O2S/c1-10(18)4-2-8-16-14(19)17(11-6-7-11)13(15-16)12-5-3-9-20-12/h3,5,9,11H,2,4,6-8H2,1H3. The van der Waals surface area contributed by atoms with E-state index in [0.717, 1.165) is 23.5 Å². The molecule has 0 saturated heterocycles. The lowest BCUT2D eigenvalue weighted by Crippen LogP contribution is -2.24. The summed E-state index contributed by atoms with van der Waals surface area (Å²) in [5.74, 6) is 0.925. The highest BCUT2D eigenvalue weighted by Crippen LogP contribution is 2.37. The number of thiophene rings is 1. The van der Waals surface area contributed by atoms with Gasteiger partial charge in [-0.25, -0.2) is 9.48 Å². The zero-order valence-corrected chi connectivity index (χ0v) is 12.2. The highest BCUT2D eigenvalue weighted by Gasteiger charge is 2.30. The number of hydrogen-bond donors (Lipinski definition) is 0. The van der Waals surface area contributed by atoms with Gasteiger partial charge in [0.1, 0.15) is 5.78 Å². The third kappa shape index (κ3) is 2.60. The van der Waals surface area contributed by atoms with Gasteiger partial charge in [0.05, 0.1) is 4.88 Å². The Bertz CT molecular complexity index is 665. The molecular formula is C14H17N3O2S. The van der Waals surface area contributed by atoms with Crippen LogP contribution in [-0.4, -0.2) is 20.1 Å². The summed E-state index contributed by atoms with van der Waals surface area (Å²) in [5.41, 5.74) is -0.0422. The Morgan fingerprint density at radius 1 is 1.50 bits per heavy atom. The molecule has 1 aliphatic rings. The van der Waals surface area contributed by atoms with Crippen LogP contribution in [0.4, 0.5) is 0 Å². The monoisotopic (exact) mass is 291 g/mol. The van der Waals surface area contributed by atoms with E-state index in [-0.39, 0.29) is 11.5 Å². The quantitative estimate of drug-likeness (QED) is 0.821. The van der Waals surface area contributed by atoms with Gasteiger partial charge in [0.15, 0.2) is 5.82 Å². The van der Waals surface area contributed by atoms with Crippen LogP contribution in [-0.2, 0) is 11.3 Å². The van der Waals surface area contributed by atoms with Crippen molar-refractivity contribution in [3.8, 4) is 10.7 Å². The van der Waals surface area contributed by atoms with Crippen molar-refractivity contribution < 1.29 is 4.79 Å². The second-order valence-electron chi connectivity index (χ2n) is 5.21. The summed E-state index contributed by atoms with van der Waals surface area (Å²) in [7, 11) is 0. The summed E-state index contributed by atoms with van der Waals surface area (Å²) < 4.78 is 3.33. The molecule has 3 rings (SSSR count). The van der Waals surface area contributed by atoms with Crippen LogP contribution in [0.15, 0.2) is 22.3 Å². The van der Waals surface area contributed by atoms with Crippen LogP contribution in [0, 0.1) is 0 Å². The minimum Gasteiger partial charge on any atom is -0.300 e. The third-order valence-corrected chi connectivity index (χ3v) is 4.29. The average molecular weight is 291 g/mol. The fourth-order valence-corrected chi connectivity index (χ4v) is 2.98. The highest BCUT2D eigenvalue weighted by molar-refractivity contribution is 7.13. The number of nitrogens with zero attached hydrogens (tertiary/aromatic N) is 3. The van der Waals surface area contributed by atoms with Crippen LogP contribution < -0.4 is 5.69 Å². The van der Waals surface area contributed by atoms with E-state index in [1.165, 1.54) is 4.68 Å². The molecule has 20 heavy (non-hydrogen) atoms. The second-order valence-corrected chi connectivity index (χ2v) is 6.16. The Labute approximate surface area is 120 Å². The second kappa shape index (κ2) is 5.36. The van der Waals surface area contributed by atoms with Gasteiger partial charge in [0.2, 0.25) is 0 Å². The number of carbonyl (C=O) groups excluding carboxylic acids is 1. The van der Waals surface area contributed by atoms with Crippen LogP contribution in [0.2, 0.25) is 0 Å². The van der Waals surface area contributed by atoms with Crippen LogP contribution in [0.5, 0.6) is 0 Å². The minimum atomic E-state index is -0.0422. The molecule has 0 bridgehead atoms. The first kappa shape index (κ1) is 13.3. The molecule has 0 amide bonds. The number of Topliss-reactive ketones (excluding diaryl/α,β-unsaturated/α-hetero) is 1. The zero-order chi connectivity index (χ0) is 14.1. The van der Waals surface area contributed by atoms with E-state index in [1.807, 2.05) is 22.1 Å². The van der Waals surface area contributed by atoms with Gasteiger partial charge in [-0.3, -0.25) is 4.57 Å². The summed E-state index contributed by atoms with van der Waals surface area (Å²) >= 11 is 1.60. The van der Waals surface area contributed by atoms with E-state index < -0.39 is 0 Å². The van der Waals surface area contributed by atoms with Gasteiger partial charge < -0.3 is 4.79 Å². The lowest BCUT2D eigenvalue weighted by atomic mass is 10.2. The topological polar surface area (TPSA) is 56.9 Å². The SMILES string of the molecule is CC(=O)CCCn1nc(-c2cccs2)n(C2CC2)c1=O. The van der Waals surface area contributed by atoms with Crippen molar-refractivity contribution in [2.75, 3.05) is 0 Å². The Morgan fingerprint density at radius 3 is 2.90 bits per heavy atom. The molecule has 0 atom stereocenters. The molecule has 106 valence electrons. The maximum Gasteiger partial charge on any atom is 0.346 e. The van der Waals surface area contributed by atoms with Gasteiger partial charge in [-0.05, 0) is 37.6 Å². The third-order valence-electron chi connectivity index (χ3n) is 3.42. The van der Waals surface area contributed by atoms with Crippen molar-refractivity contribution in [2.45, 2.75) is 45.2 Å². The maximum absolute atomic E-state index is 12.4. The van der Waals surface area contributed by atoms with Crippen molar-refractivity contribution >= 4 is 17.1 Å². The number of aromatic nitrogens is 3. The lowest BCUT2D eigenvalue weighted by Gasteiger charge is -1.99. The normalized spacial score (nSPS) is 14.7. The molecule has 0 spiro atoms. The van der Waals surface area contributed by atoms with Gasteiger partial charge in [-0.1, -0.05) is 6.07 Å². The Kier molecular flexibility index (Phi) is 3.56. The first-order chi connectivity index (χ1) is 9.66. The summed E-state index contributed by atoms with van der Waals surface area (Å²) in [6, 6.07) is 4.27. The van der Waals surface area contributed by atoms with E-state index in [9.17, 15) is 9.59 Å². The predicted octanol–water partition coefficient (Wildman–Crippen LogP) is 2.48. The fourth-order valence-electron chi connectivity index (χ4n) is 2.28. The zero-order valence-electron chi connectivity index (χ0n) is 11.4. The van der Waals surface area contributed by atoms with Crippen LogP contribution >= 0.6 is 11.3 Å². The smallest absolute Gasteiger partial charge is 0.300 e. The maximum atomic E-state index is 12.4. The largest absolute Gasteiger partial charge is 0.346 e. The summed E-state index contributed by atoms with van der Waals surface area (Å²) in [6.07, 6.45) is 3.27. The Morgan fingerprint density at radius 2 is 2.30 bits per heavy atom. The van der Waals surface area contributed by atoms with Crippen LogP contribution in [0.3, 0.4) is 0 Å². The molecule has 0 radical (unpaired) electrons. The van der Waals surface area contributed by atoms with E-state index in [2.05, 4.69) is 5.10 Å². The van der Waals surface area contributed by atoms with E-state index in [0.29, 0.717) is 25.4 Å². The number of hydrogen-bond acceptors (Lipinski definition) is 4. The Hall–Kier alpha value is -1.69. The van der Waals surface area contributed by atoms with Gasteiger partial charge in [-0.15, -0.1) is 16.4 Å². The number of aryl methyl sites for hydroxylation is 1. The molecule has 0 unspecified atom stereocenters. The molecule has 1 saturated carbocycles. The Balaban J connectivity index is 1.90. The van der Waals surface area contributed by atoms with Crippen molar-refractivity contribution in [1.29, 1.82) is 0 Å². The van der Waals surface area contributed by atoms with Gasteiger partial charge in [0.25, 0.3) is 0 Å². The van der Waals surface area contributed by atoms with Crippen LogP contribution in [0.1, 0.15) is 38.6 Å². The summed E-state index contributed by atoms with van der Waals surface area (Å²) in [5, 5.41) is 6.47. The number of rotatable bonds is 6. The first-order valence-corrected chi connectivity index (χ1v) is 7.77. The fraction of sp³-hybridized carbons (Fsp3) is 0.500. The molecule has 5 nitrogen and oxygen atoms in total. The molecule has 0 aliphatic heterocycles. The van der Waals surface area contributed by atoms with Gasteiger partial charge in [0, 0.05) is 19.0 Å². The van der Waals surface area contributed by atoms with Gasteiger partial charge >= 0.3 is 5.69 Å². The molecule has 0 aromatic carbocycles. The van der Waals surface area contributed by atoms with E-state index in [4.69, 9.17) is 0 Å². The van der Waals surface area contributed by atoms with Crippen molar-refractivity contribution in [3.63, 3.8) is 0 Å². The first-order valence-electron chi connectivity index (χ1n) is 6.89. The summed E-state index contributed by atoms with van der Waals surface area (Å²) in [6.45, 7) is 2.08. The predicted molar refractivity (Wildman–Crippen MR) is 78.0 cm³/mol. The van der Waals surface area contributed by atoms with Crippen molar-refractivity contribution in [3.05, 3.63) is 28.0 Å². The van der Waals surface area contributed by atoms with Crippen LogP contribution in [0.25, 0.3) is 10.7 Å². The minimum absolute atomic E-state index is 0.0422. The van der Waals surface area contributed by atoms with Crippen molar-refractivity contribution in [2.24, 2.45) is 0 Å². The van der Waals surface area contributed by atoms with E-state index in [1.54, 1.807) is 18.3 Å². The molecule has 2 heterocycles. The van der Waals surface area contributed by atoms with Crippen molar-refractivity contribution in [1.82, 2.24) is 14.3 Å². The molecule has 1 aliphatic carbocycles. The van der Waals surface area contributed by atoms with Gasteiger partial charge in [-0.2, -0.15) is 0 Å². The average Bonchev–Trinajstić information content (AvgIpc) is 2.98. The number of ketones is 1. The molecule has 1 fully saturated rings. The highest BCUT2D eigenvalue weighted by atomic mass is 32.1. The molecular weight excluding hydrogens is 274 g/mol.